The van der Waals surface area contributed by atoms with E-state index in [0.29, 0.717) is 5.92 Å². The number of benzene rings is 2. The van der Waals surface area contributed by atoms with Gasteiger partial charge in [0.1, 0.15) is 5.82 Å². The molecule has 1 heterocycles. The molecule has 0 aliphatic rings. The van der Waals surface area contributed by atoms with Crippen molar-refractivity contribution in [1.29, 1.82) is 0 Å². The van der Waals surface area contributed by atoms with Crippen LogP contribution in [0.1, 0.15) is 62.0 Å². The maximum absolute atomic E-state index is 4.55. The Balaban J connectivity index is 2.18. The van der Waals surface area contributed by atoms with Gasteiger partial charge in [0.15, 0.2) is 5.82 Å². The highest BCUT2D eigenvalue weighted by molar-refractivity contribution is 5.62. The molecule has 1 aromatic heterocycles. The molecule has 3 rings (SSSR count). The first-order chi connectivity index (χ1) is 12.5. The van der Waals surface area contributed by atoms with Crippen LogP contribution in [0, 0.1) is 13.8 Å². The molecule has 2 aromatic carbocycles. The fraction of sp³-hybridized carbons (Fsp3) is 0.391. The highest BCUT2D eigenvalue weighted by Crippen LogP contribution is 2.31. The van der Waals surface area contributed by atoms with Crippen LogP contribution in [0.5, 0.6) is 0 Å². The van der Waals surface area contributed by atoms with Gasteiger partial charge in [-0.25, -0.2) is 0 Å². The number of aromatic nitrogens is 3. The van der Waals surface area contributed by atoms with E-state index in [2.05, 4.69) is 85.8 Å². The molecule has 3 heteroatoms. The van der Waals surface area contributed by atoms with Crippen LogP contribution in [0.15, 0.2) is 42.5 Å². The Hall–Kier alpha value is -2.42. The predicted octanol–water partition coefficient (Wildman–Crippen LogP) is 6.02. The maximum Gasteiger partial charge on any atom is 0.168 e. The summed E-state index contributed by atoms with van der Waals surface area (Å²) in [5.74, 6) is 2.23. The molecule has 0 aliphatic carbocycles. The standard InChI is InChI=1S/C23H29N3/c1-6-7-11-19-14-17(4)21(18(5)15-19)26-22(16(2)3)24-25-23(26)20-12-9-8-10-13-20/h8-10,12-16H,6-7,11H2,1-5H3. The molecule has 0 spiro atoms. The average Bonchev–Trinajstić information content (AvgIpc) is 3.05. The van der Waals surface area contributed by atoms with Crippen LogP contribution < -0.4 is 0 Å². The molecule has 0 radical (unpaired) electrons. The van der Waals surface area contributed by atoms with Crippen LogP contribution in [-0.4, -0.2) is 14.8 Å². The molecule has 3 nitrogen and oxygen atoms in total. The largest absolute Gasteiger partial charge is 0.278 e. The smallest absolute Gasteiger partial charge is 0.168 e. The summed E-state index contributed by atoms with van der Waals surface area (Å²) >= 11 is 0. The van der Waals surface area contributed by atoms with Gasteiger partial charge in [-0.05, 0) is 43.4 Å². The molecule has 0 fully saturated rings. The maximum atomic E-state index is 4.55. The molecule has 0 unspecified atom stereocenters. The third kappa shape index (κ3) is 3.57. The fourth-order valence-corrected chi connectivity index (χ4v) is 3.59. The van der Waals surface area contributed by atoms with Crippen molar-refractivity contribution in [2.75, 3.05) is 0 Å². The van der Waals surface area contributed by atoms with Gasteiger partial charge in [0.25, 0.3) is 0 Å². The van der Waals surface area contributed by atoms with Crippen LogP contribution in [0.4, 0.5) is 0 Å². The molecule has 0 aliphatic heterocycles. The van der Waals surface area contributed by atoms with E-state index < -0.39 is 0 Å². The van der Waals surface area contributed by atoms with Gasteiger partial charge in [0.2, 0.25) is 0 Å². The van der Waals surface area contributed by atoms with Gasteiger partial charge >= 0.3 is 0 Å². The quantitative estimate of drug-likeness (QED) is 0.546. The zero-order chi connectivity index (χ0) is 18.7. The molecule has 0 bridgehead atoms. The Kier molecular flexibility index (Phi) is 5.55. The van der Waals surface area contributed by atoms with Gasteiger partial charge in [0, 0.05) is 11.5 Å². The Bertz CT molecular complexity index is 853. The van der Waals surface area contributed by atoms with E-state index in [1.165, 1.54) is 35.2 Å². The second kappa shape index (κ2) is 7.86. The van der Waals surface area contributed by atoms with E-state index in [0.717, 1.165) is 23.6 Å². The van der Waals surface area contributed by atoms with E-state index in [9.17, 15) is 0 Å². The molecule has 0 N–H and O–H groups in total. The van der Waals surface area contributed by atoms with Crippen molar-refractivity contribution < 1.29 is 0 Å². The molecule has 26 heavy (non-hydrogen) atoms. The van der Waals surface area contributed by atoms with E-state index in [1.54, 1.807) is 0 Å². The number of nitrogens with zero attached hydrogens (tertiary/aromatic N) is 3. The van der Waals surface area contributed by atoms with Crippen molar-refractivity contribution in [2.45, 2.75) is 59.8 Å². The average molecular weight is 348 g/mol. The summed E-state index contributed by atoms with van der Waals surface area (Å²) in [5.41, 5.74) is 6.31. The molecule has 0 atom stereocenters. The molecule has 0 saturated heterocycles. The summed E-state index contributed by atoms with van der Waals surface area (Å²) in [6, 6.07) is 15.0. The first kappa shape index (κ1) is 18.4. The van der Waals surface area contributed by atoms with Crippen molar-refractivity contribution in [2.24, 2.45) is 0 Å². The Morgan fingerprint density at radius 1 is 0.962 bits per heavy atom. The second-order valence-electron chi connectivity index (χ2n) is 7.42. The summed E-state index contributed by atoms with van der Waals surface area (Å²) in [6.45, 7) is 11.0. The third-order valence-corrected chi connectivity index (χ3v) is 4.83. The van der Waals surface area contributed by atoms with Gasteiger partial charge in [-0.2, -0.15) is 0 Å². The second-order valence-corrected chi connectivity index (χ2v) is 7.42. The van der Waals surface area contributed by atoms with Crippen molar-refractivity contribution >= 4 is 0 Å². The van der Waals surface area contributed by atoms with E-state index >= 15 is 0 Å². The monoisotopic (exact) mass is 347 g/mol. The molecular formula is C23H29N3. The number of hydrogen-bond acceptors (Lipinski definition) is 2. The lowest BCUT2D eigenvalue weighted by Gasteiger charge is -2.18. The van der Waals surface area contributed by atoms with Crippen molar-refractivity contribution in [3.63, 3.8) is 0 Å². The Morgan fingerprint density at radius 2 is 1.62 bits per heavy atom. The molecular weight excluding hydrogens is 318 g/mol. The lowest BCUT2D eigenvalue weighted by atomic mass is 9.99. The van der Waals surface area contributed by atoms with Crippen LogP contribution in [0.25, 0.3) is 17.1 Å². The van der Waals surface area contributed by atoms with Gasteiger partial charge in [-0.3, -0.25) is 4.57 Å². The summed E-state index contributed by atoms with van der Waals surface area (Å²) in [6.07, 6.45) is 3.60. The third-order valence-electron chi connectivity index (χ3n) is 4.83. The fourth-order valence-electron chi connectivity index (χ4n) is 3.59. The van der Waals surface area contributed by atoms with E-state index in [1.807, 2.05) is 6.07 Å². The number of aryl methyl sites for hydroxylation is 3. The lowest BCUT2D eigenvalue weighted by Crippen LogP contribution is -2.09. The molecule has 0 saturated carbocycles. The number of rotatable bonds is 6. The zero-order valence-corrected chi connectivity index (χ0v) is 16.6. The summed E-state index contributed by atoms with van der Waals surface area (Å²) < 4.78 is 2.26. The number of hydrogen-bond donors (Lipinski definition) is 0. The zero-order valence-electron chi connectivity index (χ0n) is 16.6. The summed E-state index contributed by atoms with van der Waals surface area (Å²) in [7, 11) is 0. The van der Waals surface area contributed by atoms with Crippen molar-refractivity contribution in [1.82, 2.24) is 14.8 Å². The minimum atomic E-state index is 0.304. The van der Waals surface area contributed by atoms with E-state index in [4.69, 9.17) is 0 Å². The Labute approximate surface area is 157 Å². The van der Waals surface area contributed by atoms with Gasteiger partial charge in [-0.1, -0.05) is 69.7 Å². The molecule has 0 amide bonds. The van der Waals surface area contributed by atoms with Crippen LogP contribution in [0.3, 0.4) is 0 Å². The highest BCUT2D eigenvalue weighted by Gasteiger charge is 2.20. The van der Waals surface area contributed by atoms with Crippen molar-refractivity contribution in [3.8, 4) is 17.1 Å². The highest BCUT2D eigenvalue weighted by atomic mass is 15.3. The Morgan fingerprint density at radius 3 is 2.19 bits per heavy atom. The van der Waals surface area contributed by atoms with Crippen molar-refractivity contribution in [3.05, 3.63) is 65.0 Å². The molecule has 136 valence electrons. The SMILES string of the molecule is CCCCc1cc(C)c(-n2c(-c3ccccc3)nnc2C(C)C)c(C)c1. The summed E-state index contributed by atoms with van der Waals surface area (Å²) in [4.78, 5) is 0. The number of unbranched alkanes of at least 4 members (excludes halogenated alkanes) is 1. The van der Waals surface area contributed by atoms with Crippen LogP contribution in [0.2, 0.25) is 0 Å². The van der Waals surface area contributed by atoms with Crippen LogP contribution >= 0.6 is 0 Å². The molecule has 3 aromatic rings. The van der Waals surface area contributed by atoms with Gasteiger partial charge in [0.05, 0.1) is 5.69 Å². The summed E-state index contributed by atoms with van der Waals surface area (Å²) in [5, 5.41) is 9.09. The minimum absolute atomic E-state index is 0.304. The topological polar surface area (TPSA) is 30.7 Å². The van der Waals surface area contributed by atoms with Gasteiger partial charge in [-0.15, -0.1) is 10.2 Å². The van der Waals surface area contributed by atoms with E-state index in [-0.39, 0.29) is 0 Å². The first-order valence-electron chi connectivity index (χ1n) is 9.64. The first-order valence-corrected chi connectivity index (χ1v) is 9.64. The normalized spacial score (nSPS) is 11.3. The minimum Gasteiger partial charge on any atom is -0.278 e. The lowest BCUT2D eigenvalue weighted by molar-refractivity contribution is 0.742. The van der Waals surface area contributed by atoms with Gasteiger partial charge < -0.3 is 0 Å². The van der Waals surface area contributed by atoms with Crippen LogP contribution in [-0.2, 0) is 6.42 Å². The predicted molar refractivity (Wildman–Crippen MR) is 109 cm³/mol.